The van der Waals surface area contributed by atoms with Crippen LogP contribution < -0.4 is 5.73 Å². The van der Waals surface area contributed by atoms with E-state index in [1.807, 2.05) is 0 Å². The highest BCUT2D eigenvalue weighted by Crippen LogP contribution is 2.35. The lowest BCUT2D eigenvalue weighted by atomic mass is 10.1. The van der Waals surface area contributed by atoms with E-state index in [0.29, 0.717) is 0 Å². The molecule has 8 heteroatoms. The lowest BCUT2D eigenvalue weighted by Crippen LogP contribution is -2.29. The van der Waals surface area contributed by atoms with Gasteiger partial charge in [-0.25, -0.2) is 4.79 Å². The number of primary amides is 1. The van der Waals surface area contributed by atoms with Gasteiger partial charge in [0.2, 0.25) is 0 Å². The smallest absolute Gasteiger partial charge is 0.417 e. The zero-order valence-corrected chi connectivity index (χ0v) is 11.5. The number of esters is 1. The molecule has 0 radical (unpaired) electrons. The van der Waals surface area contributed by atoms with Gasteiger partial charge in [0.25, 0.3) is 5.91 Å². The minimum atomic E-state index is -4.60. The van der Waals surface area contributed by atoms with Crippen molar-refractivity contribution in [3.8, 4) is 0 Å². The third-order valence-electron chi connectivity index (χ3n) is 2.40. The minimum Gasteiger partial charge on any atom is -0.449 e. The van der Waals surface area contributed by atoms with Crippen molar-refractivity contribution >= 4 is 29.6 Å². The van der Waals surface area contributed by atoms with E-state index >= 15 is 0 Å². The predicted octanol–water partition coefficient (Wildman–Crippen LogP) is 2.79. The topological polar surface area (TPSA) is 69.4 Å². The number of halogens is 4. The summed E-state index contributed by atoms with van der Waals surface area (Å²) in [5.41, 5.74) is 3.99. The van der Waals surface area contributed by atoms with Crippen molar-refractivity contribution in [3.63, 3.8) is 0 Å². The Balaban J connectivity index is 2.86. The van der Waals surface area contributed by atoms with Crippen LogP contribution in [0.1, 0.15) is 18.1 Å². The first-order chi connectivity index (χ1) is 9.61. The van der Waals surface area contributed by atoms with Crippen LogP contribution in [0.4, 0.5) is 13.2 Å². The largest absolute Gasteiger partial charge is 0.449 e. The molecule has 0 heterocycles. The molecule has 0 aromatic heterocycles. The third kappa shape index (κ3) is 5.11. The first-order valence-electron chi connectivity index (χ1n) is 5.66. The number of hydrogen-bond acceptors (Lipinski definition) is 3. The van der Waals surface area contributed by atoms with Crippen LogP contribution in [0.3, 0.4) is 0 Å². The van der Waals surface area contributed by atoms with Crippen LogP contribution in [0, 0.1) is 0 Å². The summed E-state index contributed by atoms with van der Waals surface area (Å²) in [6, 6.07) is 3.17. The Bertz CT molecular complexity index is 585. The van der Waals surface area contributed by atoms with E-state index in [9.17, 15) is 22.8 Å². The van der Waals surface area contributed by atoms with Crippen LogP contribution in [0.2, 0.25) is 5.02 Å². The standard InChI is InChI=1S/C13H11ClF3NO3/c1-7(12(18)20)21-11(19)5-3-8-2-4-10(14)9(6-8)13(15,16)17/h2-7H,1H3,(H2,18,20)/b5-3+/t7-/m0/s1. The number of ether oxygens (including phenoxy) is 1. The molecule has 0 saturated carbocycles. The van der Waals surface area contributed by atoms with E-state index in [0.717, 1.165) is 24.3 Å². The van der Waals surface area contributed by atoms with Crippen molar-refractivity contribution in [3.05, 3.63) is 40.4 Å². The second kappa shape index (κ2) is 6.62. The quantitative estimate of drug-likeness (QED) is 0.685. The fourth-order valence-electron chi connectivity index (χ4n) is 1.30. The van der Waals surface area contributed by atoms with Gasteiger partial charge >= 0.3 is 12.1 Å². The van der Waals surface area contributed by atoms with Crippen molar-refractivity contribution in [1.29, 1.82) is 0 Å². The average molecular weight is 322 g/mol. The van der Waals surface area contributed by atoms with E-state index in [-0.39, 0.29) is 5.56 Å². The summed E-state index contributed by atoms with van der Waals surface area (Å²) in [4.78, 5) is 22.0. The second-order valence-corrected chi connectivity index (χ2v) is 4.46. The fraction of sp³-hybridized carbons (Fsp3) is 0.231. The number of nitrogens with two attached hydrogens (primary N) is 1. The van der Waals surface area contributed by atoms with Crippen LogP contribution >= 0.6 is 11.6 Å². The van der Waals surface area contributed by atoms with Crippen LogP contribution in [0.25, 0.3) is 6.08 Å². The summed E-state index contributed by atoms with van der Waals surface area (Å²) in [5, 5.41) is -0.440. The first kappa shape index (κ1) is 17.0. The van der Waals surface area contributed by atoms with Crippen molar-refractivity contribution < 1.29 is 27.5 Å². The molecule has 0 spiro atoms. The zero-order valence-electron chi connectivity index (χ0n) is 10.8. The first-order valence-corrected chi connectivity index (χ1v) is 6.04. The van der Waals surface area contributed by atoms with Gasteiger partial charge in [-0.05, 0) is 30.7 Å². The van der Waals surface area contributed by atoms with Gasteiger partial charge in [-0.1, -0.05) is 17.7 Å². The van der Waals surface area contributed by atoms with Gasteiger partial charge in [0, 0.05) is 6.08 Å². The molecule has 0 aliphatic heterocycles. The number of alkyl halides is 3. The molecule has 0 unspecified atom stereocenters. The molecule has 21 heavy (non-hydrogen) atoms. The number of carbonyl (C=O) groups excluding carboxylic acids is 2. The van der Waals surface area contributed by atoms with Crippen LogP contribution in [-0.2, 0) is 20.5 Å². The number of rotatable bonds is 4. The molecule has 1 rings (SSSR count). The van der Waals surface area contributed by atoms with Gasteiger partial charge < -0.3 is 10.5 Å². The molecule has 1 aromatic rings. The maximum Gasteiger partial charge on any atom is 0.417 e. The molecule has 1 atom stereocenters. The molecule has 4 nitrogen and oxygen atoms in total. The molecular weight excluding hydrogens is 311 g/mol. The minimum absolute atomic E-state index is 0.107. The highest BCUT2D eigenvalue weighted by Gasteiger charge is 2.33. The fourth-order valence-corrected chi connectivity index (χ4v) is 1.52. The van der Waals surface area contributed by atoms with Crippen LogP contribution in [-0.4, -0.2) is 18.0 Å². The van der Waals surface area contributed by atoms with Gasteiger partial charge in [0.1, 0.15) is 0 Å². The number of benzene rings is 1. The Hall–Kier alpha value is -2.02. The Labute approximate surface area is 123 Å². The number of amides is 1. The molecule has 0 bridgehead atoms. The van der Waals surface area contributed by atoms with Gasteiger partial charge in [0.05, 0.1) is 10.6 Å². The summed E-state index contributed by atoms with van der Waals surface area (Å²) >= 11 is 5.46. The van der Waals surface area contributed by atoms with Gasteiger partial charge in [-0.3, -0.25) is 4.79 Å². The summed E-state index contributed by atoms with van der Waals surface area (Å²) in [5.74, 6) is -1.73. The Morgan fingerprint density at radius 1 is 1.38 bits per heavy atom. The SMILES string of the molecule is C[C@H](OC(=O)/C=C/c1ccc(Cl)c(C(F)(F)F)c1)C(N)=O. The van der Waals surface area contributed by atoms with Gasteiger partial charge in [-0.15, -0.1) is 0 Å². The Kier molecular flexibility index (Phi) is 5.37. The molecule has 0 fully saturated rings. The van der Waals surface area contributed by atoms with E-state index in [2.05, 4.69) is 4.74 Å². The monoisotopic (exact) mass is 321 g/mol. The molecule has 0 saturated heterocycles. The normalized spacial score (nSPS) is 13.2. The maximum atomic E-state index is 12.6. The second-order valence-electron chi connectivity index (χ2n) is 4.05. The Morgan fingerprint density at radius 3 is 2.52 bits per heavy atom. The van der Waals surface area contributed by atoms with Crippen molar-refractivity contribution in [2.45, 2.75) is 19.2 Å². The summed E-state index contributed by atoms with van der Waals surface area (Å²) in [6.07, 6.45) is -3.72. The summed E-state index contributed by atoms with van der Waals surface area (Å²) in [6.45, 7) is 1.28. The summed E-state index contributed by atoms with van der Waals surface area (Å²) in [7, 11) is 0. The van der Waals surface area contributed by atoms with Gasteiger partial charge in [-0.2, -0.15) is 13.2 Å². The lowest BCUT2D eigenvalue weighted by Gasteiger charge is -2.09. The number of hydrogen-bond donors (Lipinski definition) is 1. The van der Waals surface area contributed by atoms with Crippen LogP contribution in [0.5, 0.6) is 0 Å². The molecule has 114 valence electrons. The predicted molar refractivity (Wildman–Crippen MR) is 70.2 cm³/mol. The molecule has 2 N–H and O–H groups in total. The molecule has 1 amide bonds. The average Bonchev–Trinajstić information content (AvgIpc) is 2.36. The lowest BCUT2D eigenvalue weighted by molar-refractivity contribution is -0.148. The van der Waals surface area contributed by atoms with E-state index in [4.69, 9.17) is 17.3 Å². The maximum absolute atomic E-state index is 12.6. The van der Waals surface area contributed by atoms with Crippen molar-refractivity contribution in [1.82, 2.24) is 0 Å². The van der Waals surface area contributed by atoms with E-state index < -0.39 is 34.7 Å². The Morgan fingerprint density at radius 2 is 2.00 bits per heavy atom. The van der Waals surface area contributed by atoms with Crippen molar-refractivity contribution in [2.75, 3.05) is 0 Å². The van der Waals surface area contributed by atoms with Crippen LogP contribution in [0.15, 0.2) is 24.3 Å². The number of carbonyl (C=O) groups is 2. The molecular formula is C13H11ClF3NO3. The highest BCUT2D eigenvalue weighted by atomic mass is 35.5. The highest BCUT2D eigenvalue weighted by molar-refractivity contribution is 6.31. The molecule has 0 aliphatic carbocycles. The third-order valence-corrected chi connectivity index (χ3v) is 2.73. The van der Waals surface area contributed by atoms with E-state index in [1.165, 1.54) is 13.0 Å². The van der Waals surface area contributed by atoms with E-state index in [1.54, 1.807) is 0 Å². The summed E-state index contributed by atoms with van der Waals surface area (Å²) < 4.78 is 42.5. The zero-order chi connectivity index (χ0) is 16.2. The molecule has 1 aromatic carbocycles. The van der Waals surface area contributed by atoms with Gasteiger partial charge in [0.15, 0.2) is 6.10 Å². The molecule has 0 aliphatic rings. The van der Waals surface area contributed by atoms with Crippen molar-refractivity contribution in [2.24, 2.45) is 5.73 Å².